The normalized spacial score (nSPS) is 13.3. The van der Waals surface area contributed by atoms with Gasteiger partial charge in [-0.2, -0.15) is 5.10 Å². The highest BCUT2D eigenvalue weighted by atomic mass is 32.1. The minimum atomic E-state index is -0.372. The molecule has 1 aliphatic carbocycles. The number of anilines is 1. The fraction of sp³-hybridized carbons (Fsp3) is 0.316. The van der Waals surface area contributed by atoms with E-state index >= 15 is 0 Å². The number of amides is 2. The van der Waals surface area contributed by atoms with Gasteiger partial charge in [-0.15, -0.1) is 11.3 Å². The zero-order chi connectivity index (χ0) is 18.8. The number of para-hydroxylation sites is 1. The maximum absolute atomic E-state index is 13.9. The number of fused-ring (bicyclic) bond motifs is 1. The lowest BCUT2D eigenvalue weighted by Crippen LogP contribution is -2.30. The number of urea groups is 1. The molecule has 0 fully saturated rings. The summed E-state index contributed by atoms with van der Waals surface area (Å²) in [6, 6.07) is 6.10. The van der Waals surface area contributed by atoms with E-state index in [2.05, 4.69) is 15.4 Å². The van der Waals surface area contributed by atoms with Gasteiger partial charge >= 0.3 is 6.03 Å². The molecule has 0 saturated carbocycles. The number of rotatable bonds is 4. The highest BCUT2D eigenvalue weighted by Crippen LogP contribution is 2.27. The molecule has 1 aliphatic rings. The van der Waals surface area contributed by atoms with Gasteiger partial charge in [-0.1, -0.05) is 12.1 Å². The topological polar surface area (TPSA) is 63.1 Å². The average molecular weight is 385 g/mol. The van der Waals surface area contributed by atoms with E-state index in [0.29, 0.717) is 17.9 Å². The highest BCUT2D eigenvalue weighted by molar-refractivity contribution is 7.11. The van der Waals surface area contributed by atoms with E-state index in [1.54, 1.807) is 47.7 Å². The number of hydrogen-bond donors (Lipinski definition) is 1. The van der Waals surface area contributed by atoms with Crippen molar-refractivity contribution in [2.75, 3.05) is 12.4 Å². The number of hydrogen-bond acceptors (Lipinski definition) is 4. The minimum Gasteiger partial charge on any atom is -0.321 e. The summed E-state index contributed by atoms with van der Waals surface area (Å²) in [6.45, 7) is 0.463. The van der Waals surface area contributed by atoms with Crippen LogP contribution in [0.5, 0.6) is 0 Å². The van der Waals surface area contributed by atoms with E-state index in [0.717, 1.165) is 17.8 Å². The zero-order valence-corrected chi connectivity index (χ0v) is 15.8. The molecule has 2 aromatic heterocycles. The van der Waals surface area contributed by atoms with Crippen molar-refractivity contribution < 1.29 is 9.18 Å². The fourth-order valence-corrected chi connectivity index (χ4v) is 4.33. The van der Waals surface area contributed by atoms with Crippen LogP contribution in [-0.4, -0.2) is 32.7 Å². The number of thiazole rings is 1. The Morgan fingerprint density at radius 1 is 1.33 bits per heavy atom. The second-order valence-corrected chi connectivity index (χ2v) is 7.76. The first-order chi connectivity index (χ1) is 13.1. The van der Waals surface area contributed by atoms with Crippen molar-refractivity contribution in [1.29, 1.82) is 0 Å². The van der Waals surface area contributed by atoms with Crippen LogP contribution in [0, 0.1) is 5.82 Å². The van der Waals surface area contributed by atoms with E-state index < -0.39 is 0 Å². The first kappa shape index (κ1) is 17.7. The Bertz CT molecular complexity index is 943. The van der Waals surface area contributed by atoms with Crippen LogP contribution in [0.3, 0.4) is 0 Å². The van der Waals surface area contributed by atoms with Gasteiger partial charge in [-0.3, -0.25) is 0 Å². The Balaban J connectivity index is 1.40. The summed E-state index contributed by atoms with van der Waals surface area (Å²) in [5.41, 5.74) is 2.04. The maximum atomic E-state index is 13.9. The van der Waals surface area contributed by atoms with Crippen LogP contribution in [-0.2, 0) is 19.4 Å². The molecule has 6 nitrogen and oxygen atoms in total. The molecule has 0 saturated heterocycles. The van der Waals surface area contributed by atoms with E-state index in [1.165, 1.54) is 40.4 Å². The van der Waals surface area contributed by atoms with Crippen LogP contribution in [0.2, 0.25) is 0 Å². The SMILES string of the molecule is CN(Cc1nc2c(s1)CCCC2)C(=O)Nc1cnn(-c2ccccc2F)c1. The van der Waals surface area contributed by atoms with E-state index in [4.69, 9.17) is 0 Å². The Labute approximate surface area is 160 Å². The van der Waals surface area contributed by atoms with Crippen molar-refractivity contribution in [1.82, 2.24) is 19.7 Å². The number of benzene rings is 1. The lowest BCUT2D eigenvalue weighted by molar-refractivity contribution is 0.220. The summed E-state index contributed by atoms with van der Waals surface area (Å²) in [5, 5.41) is 7.87. The van der Waals surface area contributed by atoms with Crippen LogP contribution in [0.25, 0.3) is 5.69 Å². The molecular weight excluding hydrogens is 365 g/mol. The largest absolute Gasteiger partial charge is 0.322 e. The molecule has 8 heteroatoms. The van der Waals surface area contributed by atoms with Crippen LogP contribution in [0.15, 0.2) is 36.7 Å². The number of nitrogens with one attached hydrogen (secondary N) is 1. The van der Waals surface area contributed by atoms with Crippen LogP contribution in [0.1, 0.15) is 28.4 Å². The molecule has 0 radical (unpaired) electrons. The van der Waals surface area contributed by atoms with Crippen LogP contribution in [0.4, 0.5) is 14.9 Å². The van der Waals surface area contributed by atoms with E-state index in [-0.39, 0.29) is 11.8 Å². The molecular formula is C19H20FN5OS. The van der Waals surface area contributed by atoms with Gasteiger partial charge in [-0.05, 0) is 37.8 Å². The summed E-state index contributed by atoms with van der Waals surface area (Å²) in [6.07, 6.45) is 7.64. The number of aryl methyl sites for hydroxylation is 2. The number of carbonyl (C=O) groups is 1. The molecule has 3 aromatic rings. The Hall–Kier alpha value is -2.74. The smallest absolute Gasteiger partial charge is 0.321 e. The van der Waals surface area contributed by atoms with Gasteiger partial charge in [0.05, 0.1) is 30.3 Å². The number of aromatic nitrogens is 3. The lowest BCUT2D eigenvalue weighted by Gasteiger charge is -2.15. The number of halogens is 1. The van der Waals surface area contributed by atoms with Gasteiger partial charge in [-0.25, -0.2) is 18.9 Å². The first-order valence-corrected chi connectivity index (χ1v) is 9.71. The Morgan fingerprint density at radius 2 is 2.15 bits per heavy atom. The van der Waals surface area contributed by atoms with Crippen molar-refractivity contribution in [2.24, 2.45) is 0 Å². The average Bonchev–Trinajstić information content (AvgIpc) is 3.28. The molecule has 0 bridgehead atoms. The standard InChI is InChI=1S/C19H20FN5OS/c1-24(12-18-23-15-7-3-5-9-17(15)27-18)19(26)22-13-10-21-25(11-13)16-8-4-2-6-14(16)20/h2,4,6,8,10-11H,3,5,7,9,12H2,1H3,(H,22,26). The van der Waals surface area contributed by atoms with Crippen molar-refractivity contribution in [3.05, 3.63) is 58.1 Å². The van der Waals surface area contributed by atoms with Gasteiger partial charge in [0.1, 0.15) is 16.5 Å². The third-order valence-electron chi connectivity index (χ3n) is 4.54. The highest BCUT2D eigenvalue weighted by Gasteiger charge is 2.18. The van der Waals surface area contributed by atoms with Crippen molar-refractivity contribution in [3.63, 3.8) is 0 Å². The number of nitrogens with zero attached hydrogens (tertiary/aromatic N) is 4. The molecule has 0 spiro atoms. The predicted octanol–water partition coefficient (Wildman–Crippen LogP) is 4.01. The third-order valence-corrected chi connectivity index (χ3v) is 5.68. The van der Waals surface area contributed by atoms with Crippen LogP contribution < -0.4 is 5.32 Å². The van der Waals surface area contributed by atoms with Crippen molar-refractivity contribution in [2.45, 2.75) is 32.2 Å². The third kappa shape index (κ3) is 3.85. The van der Waals surface area contributed by atoms with Crippen molar-refractivity contribution in [3.8, 4) is 5.69 Å². The minimum absolute atomic E-state index is 0.253. The molecule has 1 aromatic carbocycles. The summed E-state index contributed by atoms with van der Waals surface area (Å²) < 4.78 is 15.3. The molecule has 1 N–H and O–H groups in total. The molecule has 0 unspecified atom stereocenters. The molecule has 2 heterocycles. The molecule has 27 heavy (non-hydrogen) atoms. The zero-order valence-electron chi connectivity index (χ0n) is 15.0. The Morgan fingerprint density at radius 3 is 2.96 bits per heavy atom. The predicted molar refractivity (Wildman–Crippen MR) is 103 cm³/mol. The van der Waals surface area contributed by atoms with Crippen LogP contribution >= 0.6 is 11.3 Å². The van der Waals surface area contributed by atoms with Gasteiger partial charge in [0.15, 0.2) is 0 Å². The molecule has 2 amide bonds. The lowest BCUT2D eigenvalue weighted by atomic mass is 10.0. The Kier molecular flexibility index (Phi) is 4.89. The molecule has 140 valence electrons. The van der Waals surface area contributed by atoms with E-state index in [9.17, 15) is 9.18 Å². The fourth-order valence-electron chi connectivity index (χ4n) is 3.12. The van der Waals surface area contributed by atoms with Gasteiger partial charge in [0, 0.05) is 11.9 Å². The van der Waals surface area contributed by atoms with E-state index in [1.807, 2.05) is 0 Å². The monoisotopic (exact) mass is 385 g/mol. The molecule has 0 atom stereocenters. The number of carbonyl (C=O) groups excluding carboxylic acids is 1. The van der Waals surface area contributed by atoms with Gasteiger partial charge in [0.2, 0.25) is 0 Å². The second-order valence-electron chi connectivity index (χ2n) is 6.60. The van der Waals surface area contributed by atoms with Crippen molar-refractivity contribution >= 4 is 23.1 Å². The summed E-state index contributed by atoms with van der Waals surface area (Å²) >= 11 is 1.70. The molecule has 4 rings (SSSR count). The maximum Gasteiger partial charge on any atom is 0.322 e. The van der Waals surface area contributed by atoms with Gasteiger partial charge in [0.25, 0.3) is 0 Å². The first-order valence-electron chi connectivity index (χ1n) is 8.89. The summed E-state index contributed by atoms with van der Waals surface area (Å²) in [4.78, 5) is 20.1. The quantitative estimate of drug-likeness (QED) is 0.738. The summed E-state index contributed by atoms with van der Waals surface area (Å²) in [7, 11) is 1.73. The second kappa shape index (κ2) is 7.48. The summed E-state index contributed by atoms with van der Waals surface area (Å²) in [5.74, 6) is -0.372. The van der Waals surface area contributed by atoms with Gasteiger partial charge < -0.3 is 10.2 Å². The molecule has 0 aliphatic heterocycles.